The molecule has 0 saturated heterocycles. The van der Waals surface area contributed by atoms with Crippen LogP contribution in [-0.2, 0) is 0 Å². The Bertz CT molecular complexity index is 495. The molecule has 0 aromatic carbocycles. The molecule has 0 fully saturated rings. The van der Waals surface area contributed by atoms with E-state index < -0.39 is 0 Å². The molecule has 6 nitrogen and oxygen atoms in total. The molecular formula is C11H12N4O2. The molecule has 1 amide bonds. The van der Waals surface area contributed by atoms with Crippen molar-refractivity contribution in [3.05, 3.63) is 36.3 Å². The third-order valence-electron chi connectivity index (χ3n) is 2.03. The SMILES string of the molecule is CCOc1cc(C(=O)Nc2ccncc2)[nH]n1. The van der Waals surface area contributed by atoms with E-state index >= 15 is 0 Å². The summed E-state index contributed by atoms with van der Waals surface area (Å²) in [6.07, 6.45) is 3.21. The van der Waals surface area contributed by atoms with E-state index in [0.29, 0.717) is 23.9 Å². The van der Waals surface area contributed by atoms with Gasteiger partial charge in [-0.25, -0.2) is 0 Å². The molecular weight excluding hydrogens is 220 g/mol. The Kier molecular flexibility index (Phi) is 3.34. The third kappa shape index (κ3) is 2.81. The summed E-state index contributed by atoms with van der Waals surface area (Å²) in [4.78, 5) is 15.6. The van der Waals surface area contributed by atoms with Crippen LogP contribution in [0.4, 0.5) is 5.69 Å². The highest BCUT2D eigenvalue weighted by Gasteiger charge is 2.10. The first-order chi connectivity index (χ1) is 8.29. The fraction of sp³-hybridized carbons (Fsp3) is 0.182. The van der Waals surface area contributed by atoms with Crippen molar-refractivity contribution in [2.75, 3.05) is 11.9 Å². The molecule has 0 saturated carbocycles. The summed E-state index contributed by atoms with van der Waals surface area (Å²) in [5.41, 5.74) is 1.03. The van der Waals surface area contributed by atoms with E-state index in [9.17, 15) is 4.79 Å². The summed E-state index contributed by atoms with van der Waals surface area (Å²) in [5, 5.41) is 9.16. The van der Waals surface area contributed by atoms with E-state index in [4.69, 9.17) is 4.74 Å². The molecule has 2 rings (SSSR count). The summed E-state index contributed by atoms with van der Waals surface area (Å²) in [6, 6.07) is 4.97. The lowest BCUT2D eigenvalue weighted by Crippen LogP contribution is -2.12. The Morgan fingerprint density at radius 1 is 1.47 bits per heavy atom. The lowest BCUT2D eigenvalue weighted by Gasteiger charge is -2.01. The molecule has 0 bridgehead atoms. The van der Waals surface area contributed by atoms with E-state index in [2.05, 4.69) is 20.5 Å². The van der Waals surface area contributed by atoms with Gasteiger partial charge in [-0.1, -0.05) is 0 Å². The number of anilines is 1. The minimum Gasteiger partial charge on any atom is -0.477 e. The lowest BCUT2D eigenvalue weighted by atomic mass is 10.3. The predicted octanol–water partition coefficient (Wildman–Crippen LogP) is 1.46. The van der Waals surface area contributed by atoms with Crippen LogP contribution in [-0.4, -0.2) is 27.7 Å². The van der Waals surface area contributed by atoms with Crippen LogP contribution in [0.2, 0.25) is 0 Å². The molecule has 17 heavy (non-hydrogen) atoms. The van der Waals surface area contributed by atoms with Crippen LogP contribution < -0.4 is 10.1 Å². The molecule has 0 aliphatic carbocycles. The van der Waals surface area contributed by atoms with Crippen molar-refractivity contribution in [3.8, 4) is 5.88 Å². The number of ether oxygens (including phenoxy) is 1. The van der Waals surface area contributed by atoms with Crippen molar-refractivity contribution in [2.24, 2.45) is 0 Å². The number of aromatic nitrogens is 3. The van der Waals surface area contributed by atoms with E-state index in [1.807, 2.05) is 6.92 Å². The average molecular weight is 232 g/mol. The number of carbonyl (C=O) groups excluding carboxylic acids is 1. The summed E-state index contributed by atoms with van der Waals surface area (Å²) in [7, 11) is 0. The molecule has 0 unspecified atom stereocenters. The van der Waals surface area contributed by atoms with Crippen LogP contribution in [0, 0.1) is 0 Å². The van der Waals surface area contributed by atoms with Gasteiger partial charge in [-0.2, -0.15) is 0 Å². The van der Waals surface area contributed by atoms with E-state index in [0.717, 1.165) is 0 Å². The van der Waals surface area contributed by atoms with Crippen molar-refractivity contribution < 1.29 is 9.53 Å². The van der Waals surface area contributed by atoms with Gasteiger partial charge in [-0.3, -0.25) is 14.9 Å². The number of nitrogens with one attached hydrogen (secondary N) is 2. The van der Waals surface area contributed by atoms with Crippen LogP contribution in [0.25, 0.3) is 0 Å². The van der Waals surface area contributed by atoms with E-state index in [1.54, 1.807) is 30.6 Å². The number of hydrogen-bond acceptors (Lipinski definition) is 4. The fourth-order valence-corrected chi connectivity index (χ4v) is 1.28. The van der Waals surface area contributed by atoms with Gasteiger partial charge in [0.1, 0.15) is 5.69 Å². The number of nitrogens with zero attached hydrogens (tertiary/aromatic N) is 2. The normalized spacial score (nSPS) is 9.94. The highest BCUT2D eigenvalue weighted by atomic mass is 16.5. The van der Waals surface area contributed by atoms with Gasteiger partial charge in [0.2, 0.25) is 5.88 Å². The summed E-state index contributed by atoms with van der Waals surface area (Å²) < 4.78 is 5.15. The highest BCUT2D eigenvalue weighted by molar-refractivity contribution is 6.02. The highest BCUT2D eigenvalue weighted by Crippen LogP contribution is 2.10. The zero-order valence-corrected chi connectivity index (χ0v) is 9.30. The number of H-pyrrole nitrogens is 1. The van der Waals surface area contributed by atoms with Crippen molar-refractivity contribution in [1.82, 2.24) is 15.2 Å². The van der Waals surface area contributed by atoms with E-state index in [1.165, 1.54) is 0 Å². The second kappa shape index (κ2) is 5.11. The second-order valence-corrected chi connectivity index (χ2v) is 3.24. The Morgan fingerprint density at radius 2 is 2.24 bits per heavy atom. The first-order valence-corrected chi connectivity index (χ1v) is 5.19. The number of carbonyl (C=O) groups is 1. The summed E-state index contributed by atoms with van der Waals surface area (Å²) in [5.74, 6) is 0.141. The lowest BCUT2D eigenvalue weighted by molar-refractivity contribution is 0.102. The second-order valence-electron chi connectivity index (χ2n) is 3.24. The van der Waals surface area contributed by atoms with Crippen molar-refractivity contribution in [3.63, 3.8) is 0 Å². The zero-order chi connectivity index (χ0) is 12.1. The summed E-state index contributed by atoms with van der Waals surface area (Å²) >= 11 is 0. The Hall–Kier alpha value is -2.37. The maximum Gasteiger partial charge on any atom is 0.273 e. The quantitative estimate of drug-likeness (QED) is 0.836. The molecule has 2 heterocycles. The van der Waals surface area contributed by atoms with Gasteiger partial charge in [-0.15, -0.1) is 5.10 Å². The first-order valence-electron chi connectivity index (χ1n) is 5.19. The monoisotopic (exact) mass is 232 g/mol. The minimum absolute atomic E-state index is 0.269. The van der Waals surface area contributed by atoms with Gasteiger partial charge >= 0.3 is 0 Å². The van der Waals surface area contributed by atoms with Crippen molar-refractivity contribution in [2.45, 2.75) is 6.92 Å². The zero-order valence-electron chi connectivity index (χ0n) is 9.30. The molecule has 0 aliphatic heterocycles. The van der Waals surface area contributed by atoms with Gasteiger partial charge in [0.05, 0.1) is 6.61 Å². The Morgan fingerprint density at radius 3 is 2.94 bits per heavy atom. The van der Waals surface area contributed by atoms with Gasteiger partial charge in [0.15, 0.2) is 0 Å². The molecule has 0 aliphatic rings. The molecule has 6 heteroatoms. The minimum atomic E-state index is -0.269. The number of rotatable bonds is 4. The van der Waals surface area contributed by atoms with Crippen LogP contribution in [0.5, 0.6) is 5.88 Å². The molecule has 0 atom stereocenters. The largest absolute Gasteiger partial charge is 0.477 e. The van der Waals surface area contributed by atoms with Crippen LogP contribution in [0.15, 0.2) is 30.6 Å². The van der Waals surface area contributed by atoms with Gasteiger partial charge in [0, 0.05) is 24.1 Å². The molecule has 2 aromatic rings. The van der Waals surface area contributed by atoms with Gasteiger partial charge in [-0.05, 0) is 19.1 Å². The third-order valence-corrected chi connectivity index (χ3v) is 2.03. The number of hydrogen-bond donors (Lipinski definition) is 2. The van der Waals surface area contributed by atoms with Crippen molar-refractivity contribution >= 4 is 11.6 Å². The molecule has 2 N–H and O–H groups in total. The maximum absolute atomic E-state index is 11.8. The average Bonchev–Trinajstić information content (AvgIpc) is 2.79. The molecule has 88 valence electrons. The fourth-order valence-electron chi connectivity index (χ4n) is 1.28. The van der Waals surface area contributed by atoms with Crippen LogP contribution in [0.3, 0.4) is 0 Å². The first kappa shape index (κ1) is 11.1. The van der Waals surface area contributed by atoms with E-state index in [-0.39, 0.29) is 5.91 Å². The predicted molar refractivity (Wildman–Crippen MR) is 61.9 cm³/mol. The summed E-state index contributed by atoms with van der Waals surface area (Å²) in [6.45, 7) is 2.36. The molecule has 0 radical (unpaired) electrons. The standard InChI is InChI=1S/C11H12N4O2/c1-2-17-10-7-9(14-15-10)11(16)13-8-3-5-12-6-4-8/h3-7H,2H2,1H3,(H,14,15)(H,12,13,16). The van der Waals surface area contributed by atoms with Crippen molar-refractivity contribution in [1.29, 1.82) is 0 Å². The topological polar surface area (TPSA) is 79.9 Å². The van der Waals surface area contributed by atoms with Gasteiger partial charge in [0.25, 0.3) is 5.91 Å². The molecule has 2 aromatic heterocycles. The Balaban J connectivity index is 2.04. The molecule has 0 spiro atoms. The smallest absolute Gasteiger partial charge is 0.273 e. The maximum atomic E-state index is 11.8. The van der Waals surface area contributed by atoms with Gasteiger partial charge < -0.3 is 10.1 Å². The van der Waals surface area contributed by atoms with Crippen LogP contribution >= 0.6 is 0 Å². The number of aromatic amines is 1. The number of amides is 1. The van der Waals surface area contributed by atoms with Crippen LogP contribution in [0.1, 0.15) is 17.4 Å². The number of pyridine rings is 1. The Labute approximate surface area is 98.0 Å².